The molecule has 0 N–H and O–H groups in total. The van der Waals surface area contributed by atoms with Crippen LogP contribution >= 0.6 is 0 Å². The Hall–Kier alpha value is -2.16. The van der Waals surface area contributed by atoms with Gasteiger partial charge in [0, 0.05) is 22.6 Å². The normalized spacial score (nSPS) is 19.5. The third-order valence-corrected chi connectivity index (χ3v) is 4.99. The smallest absolute Gasteiger partial charge is 0.261 e. The summed E-state index contributed by atoms with van der Waals surface area (Å²) in [6, 6.07) is 11.5. The van der Waals surface area contributed by atoms with Crippen molar-refractivity contribution >= 4 is 22.6 Å². The summed E-state index contributed by atoms with van der Waals surface area (Å²) >= 11 is 0. The van der Waals surface area contributed by atoms with Crippen LogP contribution in [0, 0.1) is 0 Å². The van der Waals surface area contributed by atoms with Crippen LogP contribution in [0.3, 0.4) is 0 Å². The molecule has 4 rings (SSSR count). The van der Waals surface area contributed by atoms with Gasteiger partial charge in [0.2, 0.25) is 0 Å². The Morgan fingerprint density at radius 3 is 1.86 bits per heavy atom. The van der Waals surface area contributed by atoms with E-state index in [1.54, 1.807) is 4.90 Å². The summed E-state index contributed by atoms with van der Waals surface area (Å²) in [4.78, 5) is 27.4. The van der Waals surface area contributed by atoms with E-state index in [1.807, 2.05) is 36.4 Å². The number of hydrogen-bond donors (Lipinski definition) is 0. The first-order valence-electron chi connectivity index (χ1n) is 8.17. The highest BCUT2D eigenvalue weighted by Crippen LogP contribution is 2.33. The van der Waals surface area contributed by atoms with Crippen molar-refractivity contribution in [1.29, 1.82) is 0 Å². The van der Waals surface area contributed by atoms with Crippen LogP contribution in [-0.4, -0.2) is 22.8 Å². The average Bonchev–Trinajstić information content (AvgIpc) is 2.82. The molecule has 1 saturated carbocycles. The van der Waals surface area contributed by atoms with Crippen molar-refractivity contribution in [1.82, 2.24) is 4.90 Å². The molecule has 2 aliphatic rings. The molecule has 3 nitrogen and oxygen atoms in total. The average molecular weight is 293 g/mol. The predicted molar refractivity (Wildman–Crippen MR) is 85.9 cm³/mol. The molecule has 1 fully saturated rings. The molecule has 112 valence electrons. The van der Waals surface area contributed by atoms with Gasteiger partial charge in [-0.1, -0.05) is 49.9 Å². The highest BCUT2D eigenvalue weighted by Gasteiger charge is 2.37. The second kappa shape index (κ2) is 5.24. The van der Waals surface area contributed by atoms with Gasteiger partial charge in [0.25, 0.3) is 11.8 Å². The van der Waals surface area contributed by atoms with Crippen LogP contribution in [-0.2, 0) is 0 Å². The molecule has 0 bridgehead atoms. The Morgan fingerprint density at radius 2 is 1.32 bits per heavy atom. The van der Waals surface area contributed by atoms with Crippen molar-refractivity contribution in [3.05, 3.63) is 47.5 Å². The van der Waals surface area contributed by atoms with E-state index in [-0.39, 0.29) is 17.9 Å². The van der Waals surface area contributed by atoms with Crippen molar-refractivity contribution < 1.29 is 9.59 Å². The first-order valence-corrected chi connectivity index (χ1v) is 8.17. The van der Waals surface area contributed by atoms with Crippen LogP contribution < -0.4 is 0 Å². The van der Waals surface area contributed by atoms with Gasteiger partial charge in [0.05, 0.1) is 0 Å². The van der Waals surface area contributed by atoms with Gasteiger partial charge in [-0.25, -0.2) is 0 Å². The van der Waals surface area contributed by atoms with Crippen LogP contribution in [0.4, 0.5) is 0 Å². The minimum atomic E-state index is -0.110. The molecule has 1 heterocycles. The Balaban J connectivity index is 1.84. The molecular weight excluding hydrogens is 274 g/mol. The number of rotatable bonds is 1. The van der Waals surface area contributed by atoms with E-state index < -0.39 is 0 Å². The van der Waals surface area contributed by atoms with Crippen molar-refractivity contribution in [3.63, 3.8) is 0 Å². The lowest BCUT2D eigenvalue weighted by atomic mass is 9.92. The van der Waals surface area contributed by atoms with Crippen LogP contribution in [0.2, 0.25) is 0 Å². The van der Waals surface area contributed by atoms with E-state index in [0.717, 1.165) is 36.5 Å². The first-order chi connectivity index (χ1) is 10.8. The molecule has 2 aromatic rings. The number of amides is 2. The zero-order valence-electron chi connectivity index (χ0n) is 12.5. The topological polar surface area (TPSA) is 37.4 Å². The summed E-state index contributed by atoms with van der Waals surface area (Å²) in [5.41, 5.74) is 1.36. The third-order valence-electron chi connectivity index (χ3n) is 4.99. The van der Waals surface area contributed by atoms with Crippen molar-refractivity contribution in [3.8, 4) is 0 Å². The van der Waals surface area contributed by atoms with Crippen LogP contribution in [0.1, 0.15) is 59.2 Å². The highest BCUT2D eigenvalue weighted by atomic mass is 16.2. The minimum absolute atomic E-state index is 0.0612. The van der Waals surface area contributed by atoms with Gasteiger partial charge in [-0.05, 0) is 30.4 Å². The fraction of sp³-hybridized carbons (Fsp3) is 0.368. The molecule has 0 unspecified atom stereocenters. The largest absolute Gasteiger partial charge is 0.271 e. The van der Waals surface area contributed by atoms with Crippen molar-refractivity contribution in [2.75, 3.05) is 0 Å². The second-order valence-corrected chi connectivity index (χ2v) is 6.33. The van der Waals surface area contributed by atoms with Crippen molar-refractivity contribution in [2.45, 2.75) is 44.6 Å². The fourth-order valence-corrected chi connectivity index (χ4v) is 3.90. The number of nitrogens with zero attached hydrogens (tertiary/aromatic N) is 1. The van der Waals surface area contributed by atoms with Gasteiger partial charge in [-0.3, -0.25) is 14.5 Å². The van der Waals surface area contributed by atoms with E-state index >= 15 is 0 Å². The lowest BCUT2D eigenvalue weighted by molar-refractivity contribution is 0.0524. The van der Waals surface area contributed by atoms with E-state index in [2.05, 4.69) is 0 Å². The number of carbonyl (C=O) groups excluding carboxylic acids is 2. The molecular formula is C19H19NO2. The number of hydrogen-bond acceptors (Lipinski definition) is 2. The maximum Gasteiger partial charge on any atom is 0.261 e. The van der Waals surface area contributed by atoms with Crippen LogP contribution in [0.15, 0.2) is 36.4 Å². The van der Waals surface area contributed by atoms with E-state index in [0.29, 0.717) is 11.1 Å². The summed E-state index contributed by atoms with van der Waals surface area (Å²) in [5.74, 6) is -0.220. The van der Waals surface area contributed by atoms with Gasteiger partial charge < -0.3 is 0 Å². The Bertz CT molecular complexity index is 706. The molecule has 0 radical (unpaired) electrons. The molecule has 1 aliphatic carbocycles. The molecule has 0 saturated heterocycles. The van der Waals surface area contributed by atoms with Gasteiger partial charge in [0.1, 0.15) is 0 Å². The van der Waals surface area contributed by atoms with Crippen LogP contribution in [0.25, 0.3) is 10.8 Å². The van der Waals surface area contributed by atoms with Gasteiger partial charge in [0.15, 0.2) is 0 Å². The van der Waals surface area contributed by atoms with Gasteiger partial charge in [-0.15, -0.1) is 0 Å². The summed E-state index contributed by atoms with van der Waals surface area (Å²) < 4.78 is 0. The molecule has 2 amide bonds. The molecule has 1 aliphatic heterocycles. The van der Waals surface area contributed by atoms with Crippen LogP contribution in [0.5, 0.6) is 0 Å². The quantitative estimate of drug-likeness (QED) is 0.585. The van der Waals surface area contributed by atoms with E-state index in [1.165, 1.54) is 12.8 Å². The molecule has 0 spiro atoms. The zero-order chi connectivity index (χ0) is 15.1. The summed E-state index contributed by atoms with van der Waals surface area (Å²) in [7, 11) is 0. The lowest BCUT2D eigenvalue weighted by Crippen LogP contribution is -2.46. The standard InChI is InChI=1S/C19H19NO2/c21-18-15-11-5-7-13-8-6-12-16(17(13)15)19(22)20(18)14-9-3-1-2-4-10-14/h5-8,11-12,14H,1-4,9-10H2. The molecule has 0 aromatic heterocycles. The summed E-state index contributed by atoms with van der Waals surface area (Å²) in [6.07, 6.45) is 6.50. The Kier molecular flexibility index (Phi) is 3.21. The maximum absolute atomic E-state index is 12.9. The molecule has 3 heteroatoms. The zero-order valence-corrected chi connectivity index (χ0v) is 12.5. The number of imide groups is 1. The molecule has 2 aromatic carbocycles. The lowest BCUT2D eigenvalue weighted by Gasteiger charge is -2.33. The predicted octanol–water partition coefficient (Wildman–Crippen LogP) is 4.16. The Morgan fingerprint density at radius 1 is 0.773 bits per heavy atom. The SMILES string of the molecule is O=C1c2cccc3cccc(c23)C(=O)N1C1CCCCCC1. The highest BCUT2D eigenvalue weighted by molar-refractivity contribution is 6.25. The van der Waals surface area contributed by atoms with Gasteiger partial charge in [-0.2, -0.15) is 0 Å². The summed E-state index contributed by atoms with van der Waals surface area (Å²) in [5, 5.41) is 1.79. The second-order valence-electron chi connectivity index (χ2n) is 6.33. The Labute approximate surface area is 129 Å². The molecule has 0 atom stereocenters. The molecule has 22 heavy (non-hydrogen) atoms. The van der Waals surface area contributed by atoms with E-state index in [9.17, 15) is 9.59 Å². The van der Waals surface area contributed by atoms with Crippen molar-refractivity contribution in [2.24, 2.45) is 0 Å². The number of carbonyl (C=O) groups is 2. The van der Waals surface area contributed by atoms with E-state index in [4.69, 9.17) is 0 Å². The maximum atomic E-state index is 12.9. The monoisotopic (exact) mass is 293 g/mol. The van der Waals surface area contributed by atoms with Gasteiger partial charge >= 0.3 is 0 Å². The minimum Gasteiger partial charge on any atom is -0.271 e. The summed E-state index contributed by atoms with van der Waals surface area (Å²) in [6.45, 7) is 0. The fourth-order valence-electron chi connectivity index (χ4n) is 3.90. The third kappa shape index (κ3) is 1.96. The number of benzene rings is 2. The first kappa shape index (κ1) is 13.5.